The third kappa shape index (κ3) is 3.30. The van der Waals surface area contributed by atoms with Crippen molar-refractivity contribution in [3.8, 4) is 0 Å². The van der Waals surface area contributed by atoms with Crippen LogP contribution >= 0.6 is 0 Å². The summed E-state index contributed by atoms with van der Waals surface area (Å²) in [6.07, 6.45) is -0.0149. The number of benzene rings is 1. The van der Waals surface area contributed by atoms with Crippen molar-refractivity contribution in [3.05, 3.63) is 34.6 Å². The number of hydrogen-bond acceptors (Lipinski definition) is 3. The largest absolute Gasteiger partial charge is 0.392 e. The Bertz CT molecular complexity index is 467. The van der Waals surface area contributed by atoms with E-state index in [0.29, 0.717) is 30.6 Å². The number of β-amino-alcohol motifs (C(OH)–C–C–N with tert-alkyl or cyclic N) is 1. The molecule has 4 nitrogen and oxygen atoms in total. The summed E-state index contributed by atoms with van der Waals surface area (Å²) in [4.78, 5) is 11.8. The average molecular weight is 266 g/mol. The highest BCUT2D eigenvalue weighted by molar-refractivity contribution is 5.82. The molecule has 1 aliphatic rings. The van der Waals surface area contributed by atoms with Gasteiger partial charge in [-0.15, -0.1) is 0 Å². The van der Waals surface area contributed by atoms with Crippen molar-refractivity contribution < 1.29 is 14.3 Å². The van der Waals surface area contributed by atoms with Crippen molar-refractivity contribution in [1.29, 1.82) is 0 Å². The summed E-state index contributed by atoms with van der Waals surface area (Å²) < 4.78 is 13.5. The van der Waals surface area contributed by atoms with Crippen LogP contribution in [0.3, 0.4) is 0 Å². The first-order valence-electron chi connectivity index (χ1n) is 6.42. The number of carbonyl (C=O) groups is 1. The Kier molecular flexibility index (Phi) is 4.17. The van der Waals surface area contributed by atoms with Crippen molar-refractivity contribution >= 4 is 5.91 Å². The molecule has 5 heteroatoms. The quantitative estimate of drug-likeness (QED) is 0.757. The molecule has 2 atom stereocenters. The van der Waals surface area contributed by atoms with E-state index < -0.39 is 6.10 Å². The number of amides is 1. The molecule has 2 rings (SSSR count). The Hall–Kier alpha value is -1.46. The first-order valence-corrected chi connectivity index (χ1v) is 6.42. The minimum Gasteiger partial charge on any atom is -0.392 e. The fraction of sp³-hybridized carbons (Fsp3) is 0.500. The second kappa shape index (κ2) is 5.67. The Morgan fingerprint density at radius 1 is 1.47 bits per heavy atom. The molecule has 1 aromatic carbocycles. The highest BCUT2D eigenvalue weighted by Crippen LogP contribution is 2.14. The van der Waals surface area contributed by atoms with Gasteiger partial charge in [-0.1, -0.05) is 12.1 Å². The first kappa shape index (κ1) is 14.0. The molecule has 104 valence electrons. The molecule has 3 N–H and O–H groups in total. The molecule has 1 heterocycles. The number of hydrogen-bond donors (Lipinski definition) is 3. The van der Waals surface area contributed by atoms with Gasteiger partial charge in [0.05, 0.1) is 12.1 Å². The number of carbonyl (C=O) groups excluding carboxylic acids is 1. The van der Waals surface area contributed by atoms with Crippen LogP contribution in [0.15, 0.2) is 12.1 Å². The highest BCUT2D eigenvalue weighted by atomic mass is 19.1. The Balaban J connectivity index is 1.94. The van der Waals surface area contributed by atoms with Crippen molar-refractivity contribution in [1.82, 2.24) is 10.6 Å². The lowest BCUT2D eigenvalue weighted by Gasteiger charge is -2.12. The highest BCUT2D eigenvalue weighted by Gasteiger charge is 2.27. The van der Waals surface area contributed by atoms with Crippen LogP contribution in [0.1, 0.15) is 23.1 Å². The third-order valence-electron chi connectivity index (χ3n) is 3.39. The van der Waals surface area contributed by atoms with E-state index in [1.165, 1.54) is 0 Å². The number of aliphatic hydroxyl groups excluding tert-OH is 1. The molecule has 1 aromatic rings. The summed E-state index contributed by atoms with van der Waals surface area (Å²) >= 11 is 0. The van der Waals surface area contributed by atoms with E-state index in [-0.39, 0.29) is 17.8 Å². The van der Waals surface area contributed by atoms with Crippen molar-refractivity contribution in [3.63, 3.8) is 0 Å². The van der Waals surface area contributed by atoms with Gasteiger partial charge < -0.3 is 15.7 Å². The normalized spacial score (nSPS) is 22.5. The molecule has 1 fully saturated rings. The lowest BCUT2D eigenvalue weighted by molar-refractivity contribution is -0.123. The summed E-state index contributed by atoms with van der Waals surface area (Å²) in [6, 6.07) is 3.14. The second-order valence-corrected chi connectivity index (χ2v) is 5.11. The fourth-order valence-corrected chi connectivity index (χ4v) is 2.37. The molecule has 1 aliphatic heterocycles. The zero-order chi connectivity index (χ0) is 14.0. The van der Waals surface area contributed by atoms with Crippen LogP contribution in [0.5, 0.6) is 0 Å². The van der Waals surface area contributed by atoms with Crippen LogP contribution in [0.2, 0.25) is 0 Å². The number of aryl methyl sites for hydroxylation is 2. The molecular formula is C14H19FN2O2. The van der Waals surface area contributed by atoms with Crippen molar-refractivity contribution in [2.45, 2.75) is 39.0 Å². The van der Waals surface area contributed by atoms with Crippen LogP contribution in [0.25, 0.3) is 0 Å². The van der Waals surface area contributed by atoms with E-state index in [9.17, 15) is 14.3 Å². The molecular weight excluding hydrogens is 247 g/mol. The molecule has 2 unspecified atom stereocenters. The maximum Gasteiger partial charge on any atom is 0.237 e. The van der Waals surface area contributed by atoms with Gasteiger partial charge in [0.15, 0.2) is 0 Å². The van der Waals surface area contributed by atoms with Crippen LogP contribution < -0.4 is 10.6 Å². The van der Waals surface area contributed by atoms with Crippen LogP contribution in [0.4, 0.5) is 4.39 Å². The van der Waals surface area contributed by atoms with Gasteiger partial charge in [0.25, 0.3) is 0 Å². The third-order valence-corrected chi connectivity index (χ3v) is 3.39. The molecule has 0 bridgehead atoms. The van der Waals surface area contributed by atoms with E-state index in [1.807, 2.05) is 0 Å². The van der Waals surface area contributed by atoms with Crippen molar-refractivity contribution in [2.75, 3.05) is 6.54 Å². The van der Waals surface area contributed by atoms with Gasteiger partial charge in [0, 0.05) is 13.1 Å². The summed E-state index contributed by atoms with van der Waals surface area (Å²) in [5.74, 6) is -0.327. The maximum atomic E-state index is 13.5. The van der Waals surface area contributed by atoms with E-state index in [2.05, 4.69) is 10.6 Å². The van der Waals surface area contributed by atoms with Gasteiger partial charge >= 0.3 is 0 Å². The van der Waals surface area contributed by atoms with Crippen molar-refractivity contribution in [2.24, 2.45) is 0 Å². The van der Waals surface area contributed by atoms with Crippen LogP contribution in [0, 0.1) is 19.7 Å². The Morgan fingerprint density at radius 2 is 2.11 bits per heavy atom. The topological polar surface area (TPSA) is 61.4 Å². The van der Waals surface area contributed by atoms with E-state index in [0.717, 1.165) is 5.56 Å². The average Bonchev–Trinajstić information content (AvgIpc) is 2.79. The lowest BCUT2D eigenvalue weighted by atomic mass is 10.1. The Labute approximate surface area is 112 Å². The summed E-state index contributed by atoms with van der Waals surface area (Å²) in [6.45, 7) is 4.24. The predicted octanol–water partition coefficient (Wildman–Crippen LogP) is 0.782. The van der Waals surface area contributed by atoms with Gasteiger partial charge in [-0.05, 0) is 37.0 Å². The number of rotatable bonds is 3. The first-order chi connectivity index (χ1) is 8.97. The minimum atomic E-state index is -0.453. The monoisotopic (exact) mass is 266 g/mol. The number of aliphatic hydroxyl groups is 1. The molecule has 0 aliphatic carbocycles. The summed E-state index contributed by atoms with van der Waals surface area (Å²) in [7, 11) is 0. The molecule has 0 saturated carbocycles. The second-order valence-electron chi connectivity index (χ2n) is 5.11. The van der Waals surface area contributed by atoms with Crippen LogP contribution in [-0.4, -0.2) is 29.7 Å². The van der Waals surface area contributed by atoms with Crippen LogP contribution in [-0.2, 0) is 11.3 Å². The summed E-state index contributed by atoms with van der Waals surface area (Å²) in [5.41, 5.74) is 2.04. The Morgan fingerprint density at radius 3 is 2.63 bits per heavy atom. The van der Waals surface area contributed by atoms with Gasteiger partial charge in [-0.2, -0.15) is 0 Å². The molecule has 1 amide bonds. The molecule has 0 aromatic heterocycles. The number of nitrogens with one attached hydrogen (secondary N) is 2. The lowest BCUT2D eigenvalue weighted by Crippen LogP contribution is -2.40. The van der Waals surface area contributed by atoms with Gasteiger partial charge in [-0.25, -0.2) is 4.39 Å². The number of halogens is 1. The molecule has 0 radical (unpaired) electrons. The standard InChI is InChI=1S/C14H19FN2O2/c1-8-3-10(4-9(2)13(8)15)6-17-14(19)12-5-11(18)7-16-12/h3-4,11-12,16,18H,5-7H2,1-2H3,(H,17,19). The smallest absolute Gasteiger partial charge is 0.237 e. The van der Waals surface area contributed by atoms with Gasteiger partial charge in [-0.3, -0.25) is 4.79 Å². The molecule has 0 spiro atoms. The zero-order valence-electron chi connectivity index (χ0n) is 11.2. The van der Waals surface area contributed by atoms with E-state index in [1.54, 1.807) is 26.0 Å². The van der Waals surface area contributed by atoms with E-state index in [4.69, 9.17) is 0 Å². The molecule has 1 saturated heterocycles. The minimum absolute atomic E-state index is 0.129. The zero-order valence-corrected chi connectivity index (χ0v) is 11.2. The summed E-state index contributed by atoms with van der Waals surface area (Å²) in [5, 5.41) is 15.1. The van der Waals surface area contributed by atoms with Gasteiger partial charge in [0.1, 0.15) is 5.82 Å². The predicted molar refractivity (Wildman–Crippen MR) is 70.1 cm³/mol. The fourth-order valence-electron chi connectivity index (χ4n) is 2.37. The maximum absolute atomic E-state index is 13.5. The van der Waals surface area contributed by atoms with E-state index >= 15 is 0 Å². The SMILES string of the molecule is Cc1cc(CNC(=O)C2CC(O)CN2)cc(C)c1F. The molecule has 19 heavy (non-hydrogen) atoms. The van der Waals surface area contributed by atoms with Gasteiger partial charge in [0.2, 0.25) is 5.91 Å².